The summed E-state index contributed by atoms with van der Waals surface area (Å²) < 4.78 is 0. The predicted molar refractivity (Wildman–Crippen MR) is 93.4 cm³/mol. The molecule has 124 valence electrons. The van der Waals surface area contributed by atoms with Crippen LogP contribution < -0.4 is 5.32 Å². The zero-order chi connectivity index (χ0) is 15.5. The van der Waals surface area contributed by atoms with E-state index in [9.17, 15) is 0 Å². The molecule has 0 amide bonds. The van der Waals surface area contributed by atoms with Crippen LogP contribution in [-0.2, 0) is 0 Å². The second-order valence-electron chi connectivity index (χ2n) is 8.97. The quantitative estimate of drug-likeness (QED) is 0.721. The number of nitrogens with one attached hydrogen (secondary N) is 1. The highest BCUT2D eigenvalue weighted by molar-refractivity contribution is 4.92. The maximum atomic E-state index is 3.49. The van der Waals surface area contributed by atoms with E-state index in [2.05, 4.69) is 40.1 Å². The van der Waals surface area contributed by atoms with Crippen LogP contribution in [0.25, 0.3) is 0 Å². The molecule has 0 spiro atoms. The van der Waals surface area contributed by atoms with Gasteiger partial charge in [0.15, 0.2) is 0 Å². The van der Waals surface area contributed by atoms with Crippen molar-refractivity contribution in [3.8, 4) is 0 Å². The first-order valence-corrected chi connectivity index (χ1v) is 9.62. The van der Waals surface area contributed by atoms with Gasteiger partial charge in [-0.05, 0) is 74.3 Å². The molecule has 2 fully saturated rings. The maximum Gasteiger partial charge on any atom is -0.00208 e. The Morgan fingerprint density at radius 3 is 2.24 bits per heavy atom. The molecule has 2 aliphatic carbocycles. The second kappa shape index (κ2) is 7.49. The Labute approximate surface area is 133 Å². The molecule has 0 saturated heterocycles. The van der Waals surface area contributed by atoms with Crippen LogP contribution in [0, 0.1) is 35.0 Å². The molecule has 21 heavy (non-hydrogen) atoms. The Morgan fingerprint density at radius 1 is 0.905 bits per heavy atom. The predicted octanol–water partition coefficient (Wildman–Crippen LogP) is 5.50. The molecule has 0 heterocycles. The molecule has 2 saturated carbocycles. The van der Waals surface area contributed by atoms with Gasteiger partial charge in [0.05, 0.1) is 0 Å². The average Bonchev–Trinajstić information content (AvgIpc) is 2.47. The van der Waals surface area contributed by atoms with Crippen molar-refractivity contribution >= 4 is 0 Å². The SMILES string of the molecule is CCC1CCCCC1C1CC(C(C)(C)C)CCC1CNC. The summed E-state index contributed by atoms with van der Waals surface area (Å²) in [5.41, 5.74) is 0.499. The number of hydrogen-bond acceptors (Lipinski definition) is 1. The van der Waals surface area contributed by atoms with Crippen molar-refractivity contribution in [2.24, 2.45) is 35.0 Å². The molecule has 0 bridgehead atoms. The summed E-state index contributed by atoms with van der Waals surface area (Å²) in [6.07, 6.45) is 11.8. The van der Waals surface area contributed by atoms with Gasteiger partial charge in [-0.25, -0.2) is 0 Å². The Bertz CT molecular complexity index is 303. The highest BCUT2D eigenvalue weighted by Crippen LogP contribution is 2.50. The monoisotopic (exact) mass is 293 g/mol. The molecular weight excluding hydrogens is 254 g/mol. The summed E-state index contributed by atoms with van der Waals surface area (Å²) in [7, 11) is 2.14. The van der Waals surface area contributed by atoms with E-state index in [0.717, 1.165) is 29.6 Å². The van der Waals surface area contributed by atoms with Gasteiger partial charge in [-0.2, -0.15) is 0 Å². The fourth-order valence-corrected chi connectivity index (χ4v) is 5.40. The highest BCUT2D eigenvalue weighted by atomic mass is 14.8. The van der Waals surface area contributed by atoms with Crippen LogP contribution in [0.2, 0.25) is 0 Å². The topological polar surface area (TPSA) is 12.0 Å². The van der Waals surface area contributed by atoms with Crippen LogP contribution in [0.3, 0.4) is 0 Å². The maximum absolute atomic E-state index is 3.49. The summed E-state index contributed by atoms with van der Waals surface area (Å²) in [4.78, 5) is 0. The van der Waals surface area contributed by atoms with Crippen molar-refractivity contribution in [2.75, 3.05) is 13.6 Å². The van der Waals surface area contributed by atoms with Crippen LogP contribution in [0.15, 0.2) is 0 Å². The van der Waals surface area contributed by atoms with Crippen molar-refractivity contribution < 1.29 is 0 Å². The average molecular weight is 294 g/mol. The zero-order valence-electron chi connectivity index (χ0n) is 15.3. The van der Waals surface area contributed by atoms with Gasteiger partial charge >= 0.3 is 0 Å². The molecule has 0 aromatic rings. The summed E-state index contributed by atoms with van der Waals surface area (Å²) in [5, 5.41) is 3.49. The third-order valence-electron chi connectivity index (χ3n) is 6.78. The molecule has 0 aliphatic heterocycles. The van der Waals surface area contributed by atoms with Gasteiger partial charge in [0, 0.05) is 0 Å². The lowest BCUT2D eigenvalue weighted by molar-refractivity contribution is 0.0263. The molecule has 5 atom stereocenters. The zero-order valence-corrected chi connectivity index (χ0v) is 15.3. The Balaban J connectivity index is 2.12. The molecule has 0 radical (unpaired) electrons. The van der Waals surface area contributed by atoms with E-state index in [1.54, 1.807) is 0 Å². The van der Waals surface area contributed by atoms with Crippen LogP contribution in [0.4, 0.5) is 0 Å². The van der Waals surface area contributed by atoms with Crippen LogP contribution in [0.1, 0.15) is 79.1 Å². The first-order chi connectivity index (χ1) is 9.97. The molecule has 1 nitrogen and oxygen atoms in total. The third-order valence-corrected chi connectivity index (χ3v) is 6.78. The van der Waals surface area contributed by atoms with E-state index < -0.39 is 0 Å². The molecular formula is C20H39N. The van der Waals surface area contributed by atoms with Crippen molar-refractivity contribution in [3.63, 3.8) is 0 Å². The van der Waals surface area contributed by atoms with Crippen molar-refractivity contribution in [1.29, 1.82) is 0 Å². The summed E-state index contributed by atoms with van der Waals surface area (Å²) in [6, 6.07) is 0. The first kappa shape index (κ1) is 17.3. The molecule has 2 rings (SSSR count). The largest absolute Gasteiger partial charge is 0.319 e. The Morgan fingerprint density at radius 2 is 1.62 bits per heavy atom. The normalized spacial score (nSPS) is 38.4. The Kier molecular flexibility index (Phi) is 6.17. The molecule has 0 aromatic carbocycles. The molecule has 0 aromatic heterocycles. The van der Waals surface area contributed by atoms with Crippen LogP contribution in [-0.4, -0.2) is 13.6 Å². The summed E-state index contributed by atoms with van der Waals surface area (Å²) in [6.45, 7) is 11.1. The summed E-state index contributed by atoms with van der Waals surface area (Å²) >= 11 is 0. The van der Waals surface area contributed by atoms with Gasteiger partial charge in [-0.3, -0.25) is 0 Å². The van der Waals surface area contributed by atoms with E-state index in [1.165, 1.54) is 57.9 Å². The van der Waals surface area contributed by atoms with E-state index in [-0.39, 0.29) is 0 Å². The third kappa shape index (κ3) is 4.24. The second-order valence-corrected chi connectivity index (χ2v) is 8.97. The number of rotatable bonds is 4. The molecule has 1 heteroatoms. The van der Waals surface area contributed by atoms with Gasteiger partial charge in [0.2, 0.25) is 0 Å². The molecule has 2 aliphatic rings. The highest BCUT2D eigenvalue weighted by Gasteiger charge is 2.41. The number of hydrogen-bond donors (Lipinski definition) is 1. The fraction of sp³-hybridized carbons (Fsp3) is 1.00. The molecule has 5 unspecified atom stereocenters. The lowest BCUT2D eigenvalue weighted by atomic mass is 9.58. The van der Waals surface area contributed by atoms with Gasteiger partial charge < -0.3 is 5.32 Å². The standard InChI is InChI=1S/C20H39N/c1-6-15-9-7-8-10-18(15)19-13-17(20(2,3)4)12-11-16(19)14-21-5/h15-19,21H,6-14H2,1-5H3. The van der Waals surface area contributed by atoms with E-state index in [0.29, 0.717) is 5.41 Å². The van der Waals surface area contributed by atoms with Gasteiger partial charge in [0.25, 0.3) is 0 Å². The lowest BCUT2D eigenvalue weighted by Crippen LogP contribution is -2.41. The van der Waals surface area contributed by atoms with E-state index in [4.69, 9.17) is 0 Å². The van der Waals surface area contributed by atoms with E-state index in [1.807, 2.05) is 0 Å². The minimum Gasteiger partial charge on any atom is -0.319 e. The van der Waals surface area contributed by atoms with Crippen molar-refractivity contribution in [2.45, 2.75) is 79.1 Å². The smallest absolute Gasteiger partial charge is 0.00208 e. The van der Waals surface area contributed by atoms with Crippen molar-refractivity contribution in [3.05, 3.63) is 0 Å². The van der Waals surface area contributed by atoms with Gasteiger partial charge in [-0.1, -0.05) is 53.4 Å². The summed E-state index contributed by atoms with van der Waals surface area (Å²) in [5.74, 6) is 4.90. The van der Waals surface area contributed by atoms with Crippen LogP contribution in [0.5, 0.6) is 0 Å². The van der Waals surface area contributed by atoms with E-state index >= 15 is 0 Å². The minimum atomic E-state index is 0.499. The Hall–Kier alpha value is -0.0400. The first-order valence-electron chi connectivity index (χ1n) is 9.62. The minimum absolute atomic E-state index is 0.499. The molecule has 1 N–H and O–H groups in total. The fourth-order valence-electron chi connectivity index (χ4n) is 5.40. The van der Waals surface area contributed by atoms with Crippen LogP contribution >= 0.6 is 0 Å². The van der Waals surface area contributed by atoms with Gasteiger partial charge in [0.1, 0.15) is 0 Å². The lowest BCUT2D eigenvalue weighted by Gasteiger charge is -2.48. The van der Waals surface area contributed by atoms with Gasteiger partial charge in [-0.15, -0.1) is 0 Å². The van der Waals surface area contributed by atoms with Crippen molar-refractivity contribution in [1.82, 2.24) is 5.32 Å².